The molecule has 9 heteroatoms. The van der Waals surface area contributed by atoms with Crippen LogP contribution in [-0.2, 0) is 30.3 Å². The predicted octanol–water partition coefficient (Wildman–Crippen LogP) is -0.515. The lowest BCUT2D eigenvalue weighted by Crippen LogP contribution is -2.40. The number of amides is 1. The Morgan fingerprint density at radius 1 is 1.14 bits per heavy atom. The van der Waals surface area contributed by atoms with Crippen LogP contribution in [0.15, 0.2) is 4.52 Å². The maximum absolute atomic E-state index is 12.0. The minimum Gasteiger partial charge on any atom is -0.468 e. The number of carbonyl (C=O) groups excluding carboxylic acids is 3. The highest BCUT2D eigenvalue weighted by atomic mass is 16.5. The van der Waals surface area contributed by atoms with E-state index in [1.165, 1.54) is 14.2 Å². The van der Waals surface area contributed by atoms with Gasteiger partial charge in [-0.15, -0.1) is 0 Å². The summed E-state index contributed by atoms with van der Waals surface area (Å²) in [7, 11) is 2.40. The van der Waals surface area contributed by atoms with Gasteiger partial charge in [0.2, 0.25) is 11.8 Å². The van der Waals surface area contributed by atoms with Gasteiger partial charge in [-0.05, 0) is 6.92 Å². The van der Waals surface area contributed by atoms with Gasteiger partial charge in [-0.1, -0.05) is 5.16 Å². The fraction of sp³-hybridized carbons (Fsp3) is 0.583. The largest absolute Gasteiger partial charge is 0.468 e. The molecule has 0 radical (unpaired) electrons. The standard InChI is InChI=1S/C12H17N3O6/c1-8-13-9(21-14-8)4-5-10(16)15(6-11(17)19-2)7-12(18)20-3/h4-7H2,1-3H3. The molecule has 0 N–H and O–H groups in total. The van der Waals surface area contributed by atoms with E-state index in [1.54, 1.807) is 6.92 Å². The molecule has 0 aliphatic heterocycles. The Kier molecular flexibility index (Phi) is 6.31. The summed E-state index contributed by atoms with van der Waals surface area (Å²) in [5.41, 5.74) is 0. The van der Waals surface area contributed by atoms with Gasteiger partial charge in [0, 0.05) is 12.8 Å². The molecule has 21 heavy (non-hydrogen) atoms. The molecular weight excluding hydrogens is 282 g/mol. The third-order valence-electron chi connectivity index (χ3n) is 2.57. The Hall–Kier alpha value is -2.45. The van der Waals surface area contributed by atoms with E-state index in [0.29, 0.717) is 11.7 Å². The molecule has 1 heterocycles. The van der Waals surface area contributed by atoms with E-state index in [1.807, 2.05) is 0 Å². The molecule has 0 saturated carbocycles. The third kappa shape index (κ3) is 5.59. The van der Waals surface area contributed by atoms with E-state index in [4.69, 9.17) is 4.52 Å². The molecular formula is C12H17N3O6. The molecule has 0 aromatic carbocycles. The second-order valence-corrected chi connectivity index (χ2v) is 4.14. The first-order valence-electron chi connectivity index (χ1n) is 6.16. The quantitative estimate of drug-likeness (QED) is 0.618. The smallest absolute Gasteiger partial charge is 0.325 e. The van der Waals surface area contributed by atoms with Crippen molar-refractivity contribution in [3.63, 3.8) is 0 Å². The third-order valence-corrected chi connectivity index (χ3v) is 2.57. The van der Waals surface area contributed by atoms with Gasteiger partial charge in [0.1, 0.15) is 13.1 Å². The van der Waals surface area contributed by atoms with Crippen LogP contribution >= 0.6 is 0 Å². The van der Waals surface area contributed by atoms with E-state index in [2.05, 4.69) is 19.6 Å². The minimum absolute atomic E-state index is 0.0234. The van der Waals surface area contributed by atoms with Crippen molar-refractivity contribution in [3.05, 3.63) is 11.7 Å². The van der Waals surface area contributed by atoms with Crippen LogP contribution in [0.25, 0.3) is 0 Å². The highest BCUT2D eigenvalue weighted by molar-refractivity contribution is 5.86. The van der Waals surface area contributed by atoms with Gasteiger partial charge < -0.3 is 18.9 Å². The van der Waals surface area contributed by atoms with Crippen LogP contribution in [-0.4, -0.2) is 60.2 Å². The Morgan fingerprint density at radius 3 is 2.14 bits per heavy atom. The summed E-state index contributed by atoms with van der Waals surface area (Å²) in [6.45, 7) is 1.01. The van der Waals surface area contributed by atoms with Crippen LogP contribution in [0.2, 0.25) is 0 Å². The molecule has 1 rings (SSSR count). The van der Waals surface area contributed by atoms with Gasteiger partial charge in [0.15, 0.2) is 5.82 Å². The van der Waals surface area contributed by atoms with Crippen molar-refractivity contribution in [2.75, 3.05) is 27.3 Å². The summed E-state index contributed by atoms with van der Waals surface area (Å²) >= 11 is 0. The maximum Gasteiger partial charge on any atom is 0.325 e. The zero-order valence-corrected chi connectivity index (χ0v) is 12.1. The molecule has 0 bridgehead atoms. The number of ether oxygens (including phenoxy) is 2. The topological polar surface area (TPSA) is 112 Å². The van der Waals surface area contributed by atoms with Gasteiger partial charge in [-0.25, -0.2) is 0 Å². The molecule has 0 spiro atoms. The predicted molar refractivity (Wildman–Crippen MR) is 68.0 cm³/mol. The molecule has 0 saturated heterocycles. The molecule has 1 aromatic rings. The van der Waals surface area contributed by atoms with Crippen molar-refractivity contribution in [2.24, 2.45) is 0 Å². The van der Waals surface area contributed by atoms with Crippen molar-refractivity contribution < 1.29 is 28.4 Å². The van der Waals surface area contributed by atoms with Crippen molar-refractivity contribution >= 4 is 17.8 Å². The number of rotatable bonds is 7. The van der Waals surface area contributed by atoms with Crippen molar-refractivity contribution in [2.45, 2.75) is 19.8 Å². The Morgan fingerprint density at radius 2 is 1.71 bits per heavy atom. The Balaban J connectivity index is 2.60. The Labute approximate surface area is 121 Å². The van der Waals surface area contributed by atoms with Crippen LogP contribution in [0.4, 0.5) is 0 Å². The van der Waals surface area contributed by atoms with Crippen LogP contribution in [0, 0.1) is 6.92 Å². The van der Waals surface area contributed by atoms with Crippen LogP contribution in [0.5, 0.6) is 0 Å². The molecule has 9 nitrogen and oxygen atoms in total. The number of hydrogen-bond acceptors (Lipinski definition) is 8. The van der Waals surface area contributed by atoms with Crippen LogP contribution < -0.4 is 0 Å². The summed E-state index contributed by atoms with van der Waals surface area (Å²) in [5.74, 6) is -0.876. The van der Waals surface area contributed by atoms with E-state index >= 15 is 0 Å². The lowest BCUT2D eigenvalue weighted by Gasteiger charge is -2.19. The van der Waals surface area contributed by atoms with E-state index in [-0.39, 0.29) is 25.9 Å². The highest BCUT2D eigenvalue weighted by Gasteiger charge is 2.21. The molecule has 1 amide bonds. The summed E-state index contributed by atoms with van der Waals surface area (Å²) in [4.78, 5) is 39.6. The average molecular weight is 299 g/mol. The first-order valence-corrected chi connectivity index (χ1v) is 6.16. The van der Waals surface area contributed by atoms with Gasteiger partial charge in [0.05, 0.1) is 14.2 Å². The monoisotopic (exact) mass is 299 g/mol. The summed E-state index contributed by atoms with van der Waals surface area (Å²) in [5, 5.41) is 3.60. The number of aromatic nitrogens is 2. The van der Waals surface area contributed by atoms with Gasteiger partial charge in [-0.3, -0.25) is 14.4 Å². The van der Waals surface area contributed by atoms with Gasteiger partial charge >= 0.3 is 11.9 Å². The van der Waals surface area contributed by atoms with Gasteiger partial charge in [0.25, 0.3) is 0 Å². The van der Waals surface area contributed by atoms with Crippen molar-refractivity contribution in [1.82, 2.24) is 15.0 Å². The normalized spacial score (nSPS) is 10.0. The second kappa shape index (κ2) is 7.98. The van der Waals surface area contributed by atoms with E-state index in [0.717, 1.165) is 4.90 Å². The number of methoxy groups -OCH3 is 2. The molecule has 0 fully saturated rings. The first kappa shape index (κ1) is 16.6. The lowest BCUT2D eigenvalue weighted by atomic mass is 10.2. The first-order chi connectivity index (χ1) is 9.96. The lowest BCUT2D eigenvalue weighted by molar-refractivity contribution is -0.152. The maximum atomic E-state index is 12.0. The summed E-state index contributed by atoms with van der Waals surface area (Å²) in [6, 6.07) is 0. The van der Waals surface area contributed by atoms with E-state index < -0.39 is 17.8 Å². The minimum atomic E-state index is -0.624. The fourth-order valence-electron chi connectivity index (χ4n) is 1.49. The number of esters is 2. The van der Waals surface area contributed by atoms with Crippen molar-refractivity contribution in [1.29, 1.82) is 0 Å². The summed E-state index contributed by atoms with van der Waals surface area (Å²) < 4.78 is 13.9. The molecule has 0 aliphatic carbocycles. The Bertz CT molecular complexity index is 495. The number of carbonyl (C=O) groups is 3. The number of nitrogens with zero attached hydrogens (tertiary/aromatic N) is 3. The van der Waals surface area contributed by atoms with Crippen LogP contribution in [0.1, 0.15) is 18.1 Å². The highest BCUT2D eigenvalue weighted by Crippen LogP contribution is 2.04. The van der Waals surface area contributed by atoms with E-state index in [9.17, 15) is 14.4 Å². The molecule has 0 aliphatic rings. The average Bonchev–Trinajstić information content (AvgIpc) is 2.89. The summed E-state index contributed by atoms with van der Waals surface area (Å²) in [6.07, 6.45) is 0.244. The second-order valence-electron chi connectivity index (χ2n) is 4.14. The zero-order valence-electron chi connectivity index (χ0n) is 12.1. The molecule has 1 aromatic heterocycles. The number of aryl methyl sites for hydroxylation is 2. The van der Waals surface area contributed by atoms with Gasteiger partial charge in [-0.2, -0.15) is 4.98 Å². The van der Waals surface area contributed by atoms with Crippen molar-refractivity contribution in [3.8, 4) is 0 Å². The fourth-order valence-corrected chi connectivity index (χ4v) is 1.49. The van der Waals surface area contributed by atoms with Crippen LogP contribution in [0.3, 0.4) is 0 Å². The molecule has 116 valence electrons. The molecule has 0 atom stereocenters. The zero-order chi connectivity index (χ0) is 15.8. The molecule has 0 unspecified atom stereocenters. The SMILES string of the molecule is COC(=O)CN(CC(=O)OC)C(=O)CCc1nc(C)no1. The number of hydrogen-bond donors (Lipinski definition) is 0.